The molecule has 0 aliphatic carbocycles. The molecular weight excluding hydrogens is 356 g/mol. The van der Waals surface area contributed by atoms with E-state index in [2.05, 4.69) is 14.4 Å². The average Bonchev–Trinajstić information content (AvgIpc) is 2.41. The first kappa shape index (κ1) is 16.5. The number of hydrogen-bond donors (Lipinski definition) is 1. The number of azo groups is 1. The van der Waals surface area contributed by atoms with Crippen LogP contribution < -0.4 is 9.92 Å². The molecule has 10 heteroatoms. The van der Waals surface area contributed by atoms with Gasteiger partial charge in [0, 0.05) is 0 Å². The summed E-state index contributed by atoms with van der Waals surface area (Å²) in [5.41, 5.74) is 6.75. The van der Waals surface area contributed by atoms with Crippen LogP contribution in [0.5, 0.6) is 5.75 Å². The Labute approximate surface area is 135 Å². The second-order valence-corrected chi connectivity index (χ2v) is 5.76. The van der Waals surface area contributed by atoms with Gasteiger partial charge in [0.15, 0.2) is 5.75 Å². The van der Waals surface area contributed by atoms with Crippen LogP contribution in [0.4, 0.5) is 20.9 Å². The number of benzene rings is 2. The lowest BCUT2D eigenvalue weighted by Gasteiger charge is -2.03. The van der Waals surface area contributed by atoms with E-state index in [0.717, 1.165) is 6.07 Å². The number of hydrogen-bond acceptors (Lipinski definition) is 6. The van der Waals surface area contributed by atoms with Crippen LogP contribution in [-0.2, 0) is 10.5 Å². The van der Waals surface area contributed by atoms with Crippen molar-refractivity contribution in [1.29, 1.82) is 0 Å². The Morgan fingerprint density at radius 3 is 2.05 bits per heavy atom. The van der Waals surface area contributed by atoms with Gasteiger partial charge in [0.2, 0.25) is 0 Å². The summed E-state index contributed by atoms with van der Waals surface area (Å²) >= 11 is 11.6. The van der Waals surface area contributed by atoms with Crippen LogP contribution in [0.2, 0.25) is 10.0 Å². The molecular formula is C12H8Cl2FN3O3S. The van der Waals surface area contributed by atoms with Gasteiger partial charge in [0.05, 0.1) is 27.1 Å². The first-order valence-corrected chi connectivity index (χ1v) is 7.71. The molecule has 0 saturated carbocycles. The van der Waals surface area contributed by atoms with Crippen LogP contribution in [0.3, 0.4) is 0 Å². The topological polar surface area (TPSA) is 94.1 Å². The molecule has 0 fully saturated rings. The van der Waals surface area contributed by atoms with Gasteiger partial charge in [-0.2, -0.15) is 18.6 Å². The van der Waals surface area contributed by atoms with Gasteiger partial charge in [-0.25, -0.2) is 0 Å². The summed E-state index contributed by atoms with van der Waals surface area (Å²) in [6, 6.07) is 8.49. The number of rotatable bonds is 4. The van der Waals surface area contributed by atoms with E-state index < -0.39 is 10.5 Å². The zero-order valence-electron chi connectivity index (χ0n) is 10.7. The molecule has 0 saturated heterocycles. The maximum atomic E-state index is 12.4. The Bertz CT molecular complexity index is 844. The highest BCUT2D eigenvalue weighted by atomic mass is 35.5. The Morgan fingerprint density at radius 2 is 1.55 bits per heavy atom. The van der Waals surface area contributed by atoms with Crippen LogP contribution in [0, 0.1) is 0 Å². The van der Waals surface area contributed by atoms with Gasteiger partial charge in [-0.15, -0.1) is 0 Å². The molecule has 2 aromatic carbocycles. The lowest BCUT2D eigenvalue weighted by Crippen LogP contribution is -2.01. The predicted molar refractivity (Wildman–Crippen MR) is 82.1 cm³/mol. The molecule has 0 heterocycles. The van der Waals surface area contributed by atoms with Crippen molar-refractivity contribution in [1.82, 2.24) is 0 Å². The minimum atomic E-state index is -5.14. The molecule has 0 spiro atoms. The Morgan fingerprint density at radius 1 is 1.00 bits per heavy atom. The molecule has 0 aromatic heterocycles. The van der Waals surface area contributed by atoms with Crippen LogP contribution >= 0.6 is 23.2 Å². The summed E-state index contributed by atoms with van der Waals surface area (Å²) in [6.07, 6.45) is 0. The van der Waals surface area contributed by atoms with Crippen molar-refractivity contribution >= 4 is 50.8 Å². The van der Waals surface area contributed by atoms with E-state index in [9.17, 15) is 12.3 Å². The smallest absolute Gasteiger partial charge is 0.398 e. The van der Waals surface area contributed by atoms with Crippen LogP contribution in [0.15, 0.2) is 46.6 Å². The molecule has 0 unspecified atom stereocenters. The largest absolute Gasteiger partial charge is 0.488 e. The van der Waals surface area contributed by atoms with Gasteiger partial charge in [-0.3, -0.25) is 0 Å². The summed E-state index contributed by atoms with van der Waals surface area (Å²) in [7, 11) is -5.14. The maximum absolute atomic E-state index is 12.4. The zero-order chi connectivity index (χ0) is 16.3. The number of nitrogens with two attached hydrogens (primary N) is 1. The lowest BCUT2D eigenvalue weighted by molar-refractivity contribution is 0.440. The minimum absolute atomic E-state index is 0.131. The van der Waals surface area contributed by atoms with Crippen molar-refractivity contribution in [2.45, 2.75) is 0 Å². The molecule has 0 radical (unpaired) electrons. The van der Waals surface area contributed by atoms with Crippen molar-refractivity contribution < 1.29 is 16.5 Å². The molecule has 2 N–H and O–H groups in total. The molecule has 0 bridgehead atoms. The van der Waals surface area contributed by atoms with Crippen molar-refractivity contribution in [3.8, 4) is 5.75 Å². The zero-order valence-corrected chi connectivity index (χ0v) is 13.0. The summed E-state index contributed by atoms with van der Waals surface area (Å²) < 4.78 is 37.3. The van der Waals surface area contributed by atoms with Gasteiger partial charge in [-0.1, -0.05) is 27.1 Å². The number of halogens is 3. The van der Waals surface area contributed by atoms with Crippen LogP contribution in [-0.4, -0.2) is 8.42 Å². The Hall–Kier alpha value is -1.90. The number of anilines is 1. The summed E-state index contributed by atoms with van der Waals surface area (Å²) in [5, 5.41) is 8.01. The normalized spacial score (nSPS) is 11.8. The fourth-order valence-electron chi connectivity index (χ4n) is 1.42. The quantitative estimate of drug-likeness (QED) is 0.488. The minimum Gasteiger partial charge on any atom is -0.398 e. The predicted octanol–water partition coefficient (Wildman–Crippen LogP) is 4.58. The standard InChI is InChI=1S/C12H8Cl2FN3O3S/c13-9-5-7(1-3-11(9)16)17-18-8-2-4-12(10(14)6-8)21-22(15,19)20/h1-6H,16H2. The third kappa shape index (κ3) is 4.55. The van der Waals surface area contributed by atoms with Crippen molar-refractivity contribution in [3.05, 3.63) is 46.4 Å². The van der Waals surface area contributed by atoms with Gasteiger partial charge < -0.3 is 9.92 Å². The summed E-state index contributed by atoms with van der Waals surface area (Å²) in [5.74, 6) is -0.348. The molecule has 0 aliphatic heterocycles. The first-order chi connectivity index (χ1) is 10.2. The van der Waals surface area contributed by atoms with Gasteiger partial charge in [0.1, 0.15) is 0 Å². The molecule has 6 nitrogen and oxygen atoms in total. The SMILES string of the molecule is Nc1ccc(N=Nc2ccc(OS(=O)(=O)F)c(Cl)c2)cc1Cl. The van der Waals surface area contributed by atoms with Gasteiger partial charge in [-0.05, 0) is 36.4 Å². The molecule has 2 rings (SSSR count). The molecule has 0 amide bonds. The Kier molecular flexibility index (Phi) is 4.84. The molecule has 22 heavy (non-hydrogen) atoms. The van der Waals surface area contributed by atoms with E-state index in [1.165, 1.54) is 18.2 Å². The van der Waals surface area contributed by atoms with E-state index >= 15 is 0 Å². The van der Waals surface area contributed by atoms with Crippen LogP contribution in [0.25, 0.3) is 0 Å². The number of nitrogens with zero attached hydrogens (tertiary/aromatic N) is 2. The second kappa shape index (κ2) is 6.47. The van der Waals surface area contributed by atoms with E-state index in [-0.39, 0.29) is 10.8 Å². The molecule has 0 atom stereocenters. The third-order valence-electron chi connectivity index (χ3n) is 2.37. The first-order valence-electron chi connectivity index (χ1n) is 5.65. The van der Waals surface area contributed by atoms with Gasteiger partial charge in [0.25, 0.3) is 0 Å². The van der Waals surface area contributed by atoms with E-state index in [1.54, 1.807) is 12.1 Å². The third-order valence-corrected chi connectivity index (χ3v) is 3.37. The van der Waals surface area contributed by atoms with Crippen LogP contribution in [0.1, 0.15) is 0 Å². The number of nitrogen functional groups attached to an aromatic ring is 1. The van der Waals surface area contributed by atoms with Crippen molar-refractivity contribution in [2.24, 2.45) is 10.2 Å². The highest BCUT2D eigenvalue weighted by Gasteiger charge is 2.13. The van der Waals surface area contributed by atoms with Crippen molar-refractivity contribution in [2.75, 3.05) is 5.73 Å². The molecule has 0 aliphatic rings. The average molecular weight is 364 g/mol. The van der Waals surface area contributed by atoms with E-state index in [1.807, 2.05) is 0 Å². The fraction of sp³-hybridized carbons (Fsp3) is 0. The van der Waals surface area contributed by atoms with Crippen molar-refractivity contribution in [3.63, 3.8) is 0 Å². The highest BCUT2D eigenvalue weighted by molar-refractivity contribution is 7.81. The highest BCUT2D eigenvalue weighted by Crippen LogP contribution is 2.31. The molecule has 116 valence electrons. The van der Waals surface area contributed by atoms with Gasteiger partial charge >= 0.3 is 10.5 Å². The van der Waals surface area contributed by atoms with E-state index in [0.29, 0.717) is 22.1 Å². The molecule has 2 aromatic rings. The summed E-state index contributed by atoms with van der Waals surface area (Å²) in [6.45, 7) is 0. The Balaban J connectivity index is 2.21. The monoisotopic (exact) mass is 363 g/mol. The lowest BCUT2D eigenvalue weighted by atomic mass is 10.3. The van der Waals surface area contributed by atoms with E-state index in [4.69, 9.17) is 28.9 Å². The maximum Gasteiger partial charge on any atom is 0.488 e. The summed E-state index contributed by atoms with van der Waals surface area (Å²) in [4.78, 5) is 0. The fourth-order valence-corrected chi connectivity index (χ4v) is 2.21. The second-order valence-electron chi connectivity index (χ2n) is 4.00.